The second-order valence-corrected chi connectivity index (χ2v) is 3.56. The Morgan fingerprint density at radius 3 is 2.56 bits per heavy atom. The summed E-state index contributed by atoms with van der Waals surface area (Å²) in [6.07, 6.45) is -3.04. The van der Waals surface area contributed by atoms with Crippen LogP contribution in [0, 0.1) is 11.7 Å². The number of rotatable bonds is 4. The first-order valence-corrected chi connectivity index (χ1v) is 4.71. The van der Waals surface area contributed by atoms with Crippen LogP contribution in [0.2, 0.25) is 0 Å². The molecule has 1 unspecified atom stereocenters. The smallest absolute Gasteiger partial charge is 0.306 e. The molecule has 0 aliphatic carbocycles. The van der Waals surface area contributed by atoms with E-state index in [1.165, 1.54) is 19.1 Å². The number of hydrogen-bond donors (Lipinski definition) is 1. The lowest BCUT2D eigenvalue weighted by Gasteiger charge is -2.11. The maximum absolute atomic E-state index is 13.1. The van der Waals surface area contributed by atoms with Gasteiger partial charge in [0.15, 0.2) is 0 Å². The summed E-state index contributed by atoms with van der Waals surface area (Å²) in [6, 6.07) is 3.56. The molecule has 1 aromatic carbocycles. The Kier molecular flexibility index (Phi) is 3.93. The molecule has 0 aliphatic heterocycles. The van der Waals surface area contributed by atoms with E-state index in [1.54, 1.807) is 0 Å². The van der Waals surface area contributed by atoms with Crippen LogP contribution >= 0.6 is 0 Å². The molecule has 0 fully saturated rings. The summed E-state index contributed by atoms with van der Waals surface area (Å²) in [5.41, 5.74) is -0.652. The summed E-state index contributed by atoms with van der Waals surface area (Å²) in [6.45, 7) is 1.39. The molecule has 0 radical (unpaired) electrons. The number of alkyl halides is 2. The summed E-state index contributed by atoms with van der Waals surface area (Å²) in [5.74, 6) is -2.91. The van der Waals surface area contributed by atoms with E-state index in [-0.39, 0.29) is 12.0 Å². The van der Waals surface area contributed by atoms with Crippen LogP contribution in [0.3, 0.4) is 0 Å². The molecule has 0 amide bonds. The van der Waals surface area contributed by atoms with Crippen LogP contribution in [0.1, 0.15) is 24.5 Å². The van der Waals surface area contributed by atoms with Crippen molar-refractivity contribution in [3.05, 3.63) is 35.1 Å². The lowest BCUT2D eigenvalue weighted by Crippen LogP contribution is -2.14. The lowest BCUT2D eigenvalue weighted by atomic mass is 9.97. The molecule has 1 aromatic rings. The maximum atomic E-state index is 13.1. The number of aliphatic carboxylic acids is 1. The number of hydrogen-bond acceptors (Lipinski definition) is 1. The van der Waals surface area contributed by atoms with Crippen molar-refractivity contribution in [2.75, 3.05) is 0 Å². The topological polar surface area (TPSA) is 37.3 Å². The SMILES string of the molecule is CC(Cc1cccc(F)c1C(F)F)C(=O)O. The van der Waals surface area contributed by atoms with Crippen molar-refractivity contribution in [1.29, 1.82) is 0 Å². The van der Waals surface area contributed by atoms with Crippen LogP contribution in [0.5, 0.6) is 0 Å². The minimum atomic E-state index is -2.93. The third-order valence-corrected chi connectivity index (χ3v) is 2.31. The number of halogens is 3. The normalized spacial score (nSPS) is 12.8. The van der Waals surface area contributed by atoms with Gasteiger partial charge in [-0.05, 0) is 18.1 Å². The monoisotopic (exact) mass is 232 g/mol. The van der Waals surface area contributed by atoms with Gasteiger partial charge in [0.05, 0.1) is 11.5 Å². The van der Waals surface area contributed by atoms with Gasteiger partial charge in [-0.15, -0.1) is 0 Å². The van der Waals surface area contributed by atoms with Crippen molar-refractivity contribution in [2.45, 2.75) is 19.8 Å². The van der Waals surface area contributed by atoms with Crippen molar-refractivity contribution in [3.8, 4) is 0 Å². The third-order valence-electron chi connectivity index (χ3n) is 2.31. The highest BCUT2D eigenvalue weighted by Crippen LogP contribution is 2.27. The largest absolute Gasteiger partial charge is 0.481 e. The van der Waals surface area contributed by atoms with Gasteiger partial charge in [0.2, 0.25) is 0 Å². The lowest BCUT2D eigenvalue weighted by molar-refractivity contribution is -0.141. The number of carboxylic acid groups (broad SMARTS) is 1. The van der Waals surface area contributed by atoms with E-state index >= 15 is 0 Å². The van der Waals surface area contributed by atoms with Gasteiger partial charge < -0.3 is 5.11 Å². The van der Waals surface area contributed by atoms with Gasteiger partial charge in [-0.1, -0.05) is 19.1 Å². The summed E-state index contributed by atoms with van der Waals surface area (Å²) in [5, 5.41) is 8.66. The van der Waals surface area contributed by atoms with Crippen LogP contribution in [0.4, 0.5) is 13.2 Å². The zero-order valence-electron chi connectivity index (χ0n) is 8.58. The van der Waals surface area contributed by atoms with Crippen molar-refractivity contribution >= 4 is 5.97 Å². The highest BCUT2D eigenvalue weighted by Gasteiger charge is 2.21. The summed E-state index contributed by atoms with van der Waals surface area (Å²) < 4.78 is 38.2. The molecule has 0 spiro atoms. The number of carboxylic acids is 1. The van der Waals surface area contributed by atoms with Crippen molar-refractivity contribution in [2.24, 2.45) is 5.92 Å². The second-order valence-electron chi connectivity index (χ2n) is 3.56. The van der Waals surface area contributed by atoms with Crippen LogP contribution in [-0.4, -0.2) is 11.1 Å². The average Bonchev–Trinajstić information content (AvgIpc) is 2.16. The van der Waals surface area contributed by atoms with E-state index in [0.717, 1.165) is 6.07 Å². The van der Waals surface area contributed by atoms with Crippen molar-refractivity contribution in [1.82, 2.24) is 0 Å². The Morgan fingerprint density at radius 1 is 1.44 bits per heavy atom. The molecule has 0 heterocycles. The van der Waals surface area contributed by atoms with Gasteiger partial charge in [-0.25, -0.2) is 13.2 Å². The first-order valence-electron chi connectivity index (χ1n) is 4.71. The van der Waals surface area contributed by atoms with Gasteiger partial charge in [0.1, 0.15) is 5.82 Å². The van der Waals surface area contributed by atoms with E-state index in [0.29, 0.717) is 0 Å². The van der Waals surface area contributed by atoms with Crippen molar-refractivity contribution in [3.63, 3.8) is 0 Å². The molecular weight excluding hydrogens is 221 g/mol. The Labute approximate surface area is 90.7 Å². The zero-order chi connectivity index (χ0) is 12.3. The highest BCUT2D eigenvalue weighted by atomic mass is 19.3. The molecule has 0 aliphatic rings. The van der Waals surface area contributed by atoms with E-state index in [1.807, 2.05) is 0 Å². The molecule has 0 bridgehead atoms. The van der Waals surface area contributed by atoms with Crippen molar-refractivity contribution < 1.29 is 23.1 Å². The molecule has 0 saturated heterocycles. The van der Waals surface area contributed by atoms with Crippen LogP contribution in [0.25, 0.3) is 0 Å². The fourth-order valence-corrected chi connectivity index (χ4v) is 1.42. The Hall–Kier alpha value is -1.52. The highest BCUT2D eigenvalue weighted by molar-refractivity contribution is 5.70. The second kappa shape index (κ2) is 5.01. The van der Waals surface area contributed by atoms with Crippen LogP contribution in [0.15, 0.2) is 18.2 Å². The number of carbonyl (C=O) groups is 1. The molecule has 0 aromatic heterocycles. The summed E-state index contributed by atoms with van der Waals surface area (Å²) >= 11 is 0. The maximum Gasteiger partial charge on any atom is 0.306 e. The predicted molar refractivity (Wildman–Crippen MR) is 51.9 cm³/mol. The van der Waals surface area contributed by atoms with Gasteiger partial charge in [-0.2, -0.15) is 0 Å². The standard InChI is InChI=1S/C11H11F3O2/c1-6(11(15)16)5-7-3-2-4-8(12)9(7)10(13)14/h2-4,6,10H,5H2,1H3,(H,15,16). The fraction of sp³-hybridized carbons (Fsp3) is 0.364. The summed E-state index contributed by atoms with van der Waals surface area (Å²) in [4.78, 5) is 10.6. The van der Waals surface area contributed by atoms with Crippen LogP contribution < -0.4 is 0 Å². The quantitative estimate of drug-likeness (QED) is 0.866. The summed E-state index contributed by atoms with van der Waals surface area (Å²) in [7, 11) is 0. The Morgan fingerprint density at radius 2 is 2.06 bits per heavy atom. The van der Waals surface area contributed by atoms with E-state index in [4.69, 9.17) is 5.11 Å². The molecule has 16 heavy (non-hydrogen) atoms. The van der Waals surface area contributed by atoms with Gasteiger partial charge in [0.25, 0.3) is 6.43 Å². The molecule has 1 rings (SSSR count). The van der Waals surface area contributed by atoms with Gasteiger partial charge in [0, 0.05) is 0 Å². The average molecular weight is 232 g/mol. The minimum Gasteiger partial charge on any atom is -0.481 e. The zero-order valence-corrected chi connectivity index (χ0v) is 8.58. The molecule has 88 valence electrons. The third kappa shape index (κ3) is 2.74. The molecule has 1 N–H and O–H groups in total. The van der Waals surface area contributed by atoms with E-state index in [2.05, 4.69) is 0 Å². The first-order chi connectivity index (χ1) is 7.43. The minimum absolute atomic E-state index is 0.0462. The molecule has 1 atom stereocenters. The molecular formula is C11H11F3O2. The molecule has 2 nitrogen and oxygen atoms in total. The van der Waals surface area contributed by atoms with Gasteiger partial charge in [-0.3, -0.25) is 4.79 Å². The fourth-order valence-electron chi connectivity index (χ4n) is 1.42. The van der Waals surface area contributed by atoms with E-state index in [9.17, 15) is 18.0 Å². The van der Waals surface area contributed by atoms with Gasteiger partial charge >= 0.3 is 5.97 Å². The predicted octanol–water partition coefficient (Wildman–Crippen LogP) is 3.03. The molecule has 0 saturated carbocycles. The number of benzene rings is 1. The Bertz CT molecular complexity index is 391. The molecule has 5 heteroatoms. The van der Waals surface area contributed by atoms with Crippen LogP contribution in [-0.2, 0) is 11.2 Å². The first kappa shape index (κ1) is 12.5. The van der Waals surface area contributed by atoms with E-state index < -0.39 is 29.7 Å². The Balaban J connectivity index is 3.04.